The molecule has 27 heavy (non-hydrogen) atoms. The fraction of sp³-hybridized carbons (Fsp3) is 0.526. The van der Waals surface area contributed by atoms with Gasteiger partial charge in [0.25, 0.3) is 0 Å². The van der Waals surface area contributed by atoms with E-state index in [1.54, 1.807) is 39.8 Å². The highest BCUT2D eigenvalue weighted by Crippen LogP contribution is 2.11. The third kappa shape index (κ3) is 10.7. The summed E-state index contributed by atoms with van der Waals surface area (Å²) in [6.45, 7) is 8.16. The molecule has 1 rings (SSSR count). The van der Waals surface area contributed by atoms with E-state index >= 15 is 0 Å². The van der Waals surface area contributed by atoms with E-state index < -0.39 is 17.8 Å². The summed E-state index contributed by atoms with van der Waals surface area (Å²) in [7, 11) is 0. The Kier molecular flexibility index (Phi) is 9.12. The maximum absolute atomic E-state index is 11.9. The topological polar surface area (TPSA) is 106 Å². The van der Waals surface area contributed by atoms with Gasteiger partial charge in [-0.3, -0.25) is 4.79 Å². The number of carbonyl (C=O) groups excluding carboxylic acids is 3. The third-order valence-corrected chi connectivity index (χ3v) is 3.20. The van der Waals surface area contributed by atoms with Gasteiger partial charge in [-0.1, -0.05) is 12.1 Å². The first kappa shape index (κ1) is 22.3. The zero-order chi connectivity index (χ0) is 20.3. The Morgan fingerprint density at radius 3 is 2.26 bits per heavy atom. The Morgan fingerprint density at radius 1 is 1.00 bits per heavy atom. The molecule has 0 atom stereocenters. The predicted octanol–water partition coefficient (Wildman–Crippen LogP) is 3.18. The van der Waals surface area contributed by atoms with Crippen LogP contribution in [0, 0.1) is 0 Å². The van der Waals surface area contributed by atoms with E-state index in [1.165, 1.54) is 0 Å². The van der Waals surface area contributed by atoms with Gasteiger partial charge in [-0.15, -0.1) is 0 Å². The van der Waals surface area contributed by atoms with Gasteiger partial charge >= 0.3 is 12.2 Å². The van der Waals surface area contributed by atoms with Gasteiger partial charge in [0.2, 0.25) is 5.91 Å². The minimum atomic E-state index is -0.538. The Morgan fingerprint density at radius 2 is 1.67 bits per heavy atom. The number of ether oxygens (including phenoxy) is 2. The number of alkyl carbamates (subject to hydrolysis) is 2. The second kappa shape index (κ2) is 11.1. The maximum Gasteiger partial charge on any atom is 0.407 e. The summed E-state index contributed by atoms with van der Waals surface area (Å²) >= 11 is 0. The molecule has 150 valence electrons. The van der Waals surface area contributed by atoms with Crippen LogP contribution in [0.1, 0.15) is 46.1 Å². The van der Waals surface area contributed by atoms with Gasteiger partial charge in [0.1, 0.15) is 5.60 Å². The fourth-order valence-electron chi connectivity index (χ4n) is 2.04. The van der Waals surface area contributed by atoms with Gasteiger partial charge in [-0.05, 0) is 51.8 Å². The van der Waals surface area contributed by atoms with Crippen molar-refractivity contribution >= 4 is 23.8 Å². The van der Waals surface area contributed by atoms with Gasteiger partial charge in [0.05, 0.1) is 6.61 Å². The van der Waals surface area contributed by atoms with Crippen LogP contribution in [0.5, 0.6) is 0 Å². The molecule has 0 aliphatic carbocycles. The lowest BCUT2D eigenvalue weighted by Crippen LogP contribution is -2.32. The normalized spacial score (nSPS) is 10.7. The van der Waals surface area contributed by atoms with Crippen LogP contribution in [0.4, 0.5) is 15.3 Å². The van der Waals surface area contributed by atoms with Crippen molar-refractivity contribution in [3.05, 3.63) is 29.8 Å². The molecule has 0 bridgehead atoms. The highest BCUT2D eigenvalue weighted by molar-refractivity contribution is 5.90. The Labute approximate surface area is 160 Å². The van der Waals surface area contributed by atoms with Crippen molar-refractivity contribution in [3.63, 3.8) is 0 Å². The molecule has 0 aliphatic heterocycles. The molecule has 1 aromatic rings. The average molecular weight is 379 g/mol. The maximum atomic E-state index is 11.9. The summed E-state index contributed by atoms with van der Waals surface area (Å²) in [5, 5.41) is 8.02. The predicted molar refractivity (Wildman–Crippen MR) is 102 cm³/mol. The molecule has 0 saturated heterocycles. The summed E-state index contributed by atoms with van der Waals surface area (Å²) < 4.78 is 9.90. The molecule has 0 unspecified atom stereocenters. The van der Waals surface area contributed by atoms with Gasteiger partial charge in [-0.25, -0.2) is 9.59 Å². The van der Waals surface area contributed by atoms with Crippen LogP contribution in [-0.4, -0.2) is 36.8 Å². The molecule has 0 fully saturated rings. The summed E-state index contributed by atoms with van der Waals surface area (Å²) in [5.41, 5.74) is 1.02. The van der Waals surface area contributed by atoms with Gasteiger partial charge in [0.15, 0.2) is 0 Å². The quantitative estimate of drug-likeness (QED) is 0.602. The van der Waals surface area contributed by atoms with Gasteiger partial charge in [-0.2, -0.15) is 0 Å². The largest absolute Gasteiger partial charge is 0.450 e. The SMILES string of the molecule is CCOC(=O)NCCCC(=O)Nc1ccc(CNC(=O)OC(C)(C)C)cc1. The molecule has 3 amide bonds. The first-order valence-corrected chi connectivity index (χ1v) is 8.96. The number of nitrogens with one attached hydrogen (secondary N) is 3. The van der Waals surface area contributed by atoms with Crippen LogP contribution in [-0.2, 0) is 20.8 Å². The van der Waals surface area contributed by atoms with Crippen molar-refractivity contribution in [2.45, 2.75) is 52.7 Å². The van der Waals surface area contributed by atoms with Crippen LogP contribution in [0.3, 0.4) is 0 Å². The monoisotopic (exact) mass is 379 g/mol. The lowest BCUT2D eigenvalue weighted by molar-refractivity contribution is -0.116. The molecule has 0 saturated carbocycles. The van der Waals surface area contributed by atoms with E-state index in [2.05, 4.69) is 16.0 Å². The minimum Gasteiger partial charge on any atom is -0.450 e. The zero-order valence-electron chi connectivity index (χ0n) is 16.4. The number of amides is 3. The molecule has 0 radical (unpaired) electrons. The molecule has 1 aromatic carbocycles. The summed E-state index contributed by atoms with van der Waals surface area (Å²) in [6, 6.07) is 7.16. The second-order valence-corrected chi connectivity index (χ2v) is 6.85. The van der Waals surface area contributed by atoms with Crippen LogP contribution >= 0.6 is 0 Å². The number of rotatable bonds is 8. The standard InChI is InChI=1S/C19H29N3O5/c1-5-26-17(24)20-12-6-7-16(23)22-15-10-8-14(9-11-15)13-21-18(25)27-19(2,3)4/h8-11H,5-7,12-13H2,1-4H3,(H,20,24)(H,21,25)(H,22,23). The average Bonchev–Trinajstić information content (AvgIpc) is 2.57. The van der Waals surface area contributed by atoms with Crippen molar-refractivity contribution in [2.24, 2.45) is 0 Å². The molecular weight excluding hydrogens is 350 g/mol. The Balaban J connectivity index is 2.30. The summed E-state index contributed by atoms with van der Waals surface area (Å²) in [5.74, 6) is -0.139. The summed E-state index contributed by atoms with van der Waals surface area (Å²) in [4.78, 5) is 34.6. The minimum absolute atomic E-state index is 0.139. The van der Waals surface area contributed by atoms with Crippen LogP contribution in [0.25, 0.3) is 0 Å². The van der Waals surface area contributed by atoms with Crippen molar-refractivity contribution in [2.75, 3.05) is 18.5 Å². The van der Waals surface area contributed by atoms with E-state index in [0.717, 1.165) is 5.56 Å². The highest BCUT2D eigenvalue weighted by Gasteiger charge is 2.15. The Hall–Kier alpha value is -2.77. The molecule has 0 heterocycles. The molecule has 0 aromatic heterocycles. The molecule has 0 aliphatic rings. The van der Waals surface area contributed by atoms with E-state index in [1.807, 2.05) is 12.1 Å². The van der Waals surface area contributed by atoms with Crippen molar-refractivity contribution in [1.82, 2.24) is 10.6 Å². The first-order chi connectivity index (χ1) is 12.7. The third-order valence-electron chi connectivity index (χ3n) is 3.20. The van der Waals surface area contributed by atoms with Gasteiger partial charge in [0, 0.05) is 25.2 Å². The van der Waals surface area contributed by atoms with E-state index in [0.29, 0.717) is 31.8 Å². The van der Waals surface area contributed by atoms with E-state index in [9.17, 15) is 14.4 Å². The number of carbonyl (C=O) groups is 3. The highest BCUT2D eigenvalue weighted by atomic mass is 16.6. The van der Waals surface area contributed by atoms with E-state index in [4.69, 9.17) is 9.47 Å². The lowest BCUT2D eigenvalue weighted by atomic mass is 10.2. The van der Waals surface area contributed by atoms with Crippen molar-refractivity contribution < 1.29 is 23.9 Å². The molecular formula is C19H29N3O5. The smallest absolute Gasteiger partial charge is 0.407 e. The van der Waals surface area contributed by atoms with Crippen LogP contribution in [0.2, 0.25) is 0 Å². The molecule has 3 N–H and O–H groups in total. The summed E-state index contributed by atoms with van der Waals surface area (Å²) in [6.07, 6.45) is -0.151. The number of anilines is 1. The number of benzene rings is 1. The van der Waals surface area contributed by atoms with Crippen LogP contribution in [0.15, 0.2) is 24.3 Å². The number of hydrogen-bond donors (Lipinski definition) is 3. The molecule has 8 heteroatoms. The molecule has 8 nitrogen and oxygen atoms in total. The van der Waals surface area contributed by atoms with Gasteiger partial charge < -0.3 is 25.4 Å². The Bertz CT molecular complexity index is 623. The zero-order valence-corrected chi connectivity index (χ0v) is 16.4. The van der Waals surface area contributed by atoms with Crippen LogP contribution < -0.4 is 16.0 Å². The first-order valence-electron chi connectivity index (χ1n) is 8.96. The lowest BCUT2D eigenvalue weighted by Gasteiger charge is -2.19. The van der Waals surface area contributed by atoms with Crippen molar-refractivity contribution in [1.29, 1.82) is 0 Å². The van der Waals surface area contributed by atoms with Crippen molar-refractivity contribution in [3.8, 4) is 0 Å². The second-order valence-electron chi connectivity index (χ2n) is 6.85. The molecule has 0 spiro atoms. The number of hydrogen-bond acceptors (Lipinski definition) is 5. The van der Waals surface area contributed by atoms with E-state index in [-0.39, 0.29) is 12.3 Å². The fourth-order valence-corrected chi connectivity index (χ4v) is 2.04.